The van der Waals surface area contributed by atoms with Crippen LogP contribution in [0.2, 0.25) is 0 Å². The van der Waals surface area contributed by atoms with E-state index in [9.17, 15) is 13.6 Å². The van der Waals surface area contributed by atoms with Crippen molar-refractivity contribution in [2.24, 2.45) is 0 Å². The van der Waals surface area contributed by atoms with Gasteiger partial charge in [-0.05, 0) is 32.4 Å². The highest BCUT2D eigenvalue weighted by molar-refractivity contribution is 5.94. The van der Waals surface area contributed by atoms with Gasteiger partial charge in [-0.15, -0.1) is 0 Å². The van der Waals surface area contributed by atoms with E-state index in [0.29, 0.717) is 12.5 Å². The van der Waals surface area contributed by atoms with Gasteiger partial charge in [0.05, 0.1) is 6.10 Å². The molecular formula is C12H15F2NO2. The largest absolute Gasteiger partial charge is 0.393 e. The Hall–Kier alpha value is -1.49. The minimum Gasteiger partial charge on any atom is -0.393 e. The molecule has 5 heteroatoms. The van der Waals surface area contributed by atoms with E-state index in [2.05, 4.69) is 5.32 Å². The Morgan fingerprint density at radius 2 is 1.82 bits per heavy atom. The highest BCUT2D eigenvalue weighted by Crippen LogP contribution is 2.08. The summed E-state index contributed by atoms with van der Waals surface area (Å²) in [5, 5.41) is 11.7. The monoisotopic (exact) mass is 243 g/mol. The molecular weight excluding hydrogens is 228 g/mol. The Morgan fingerprint density at radius 1 is 1.29 bits per heavy atom. The van der Waals surface area contributed by atoms with Crippen molar-refractivity contribution in [2.75, 3.05) is 0 Å². The molecule has 0 radical (unpaired) electrons. The van der Waals surface area contributed by atoms with Gasteiger partial charge < -0.3 is 10.4 Å². The molecule has 0 saturated heterocycles. The zero-order chi connectivity index (χ0) is 13.0. The molecule has 1 amide bonds. The molecule has 94 valence electrons. The summed E-state index contributed by atoms with van der Waals surface area (Å²) in [4.78, 5) is 11.6. The van der Waals surface area contributed by atoms with Crippen LogP contribution in [0.3, 0.4) is 0 Å². The molecule has 0 unspecified atom stereocenters. The minimum absolute atomic E-state index is 0.0695. The molecule has 1 aromatic rings. The summed E-state index contributed by atoms with van der Waals surface area (Å²) >= 11 is 0. The average molecular weight is 243 g/mol. The number of aliphatic hydroxyl groups excluding tert-OH is 1. The summed E-state index contributed by atoms with van der Waals surface area (Å²) in [5.74, 6) is -2.15. The lowest BCUT2D eigenvalue weighted by Crippen LogP contribution is -2.34. The fraction of sp³-hybridized carbons (Fsp3) is 0.417. The maximum atomic E-state index is 12.9. The molecule has 0 spiro atoms. The van der Waals surface area contributed by atoms with E-state index in [-0.39, 0.29) is 11.6 Å². The fourth-order valence-electron chi connectivity index (χ4n) is 1.56. The first-order chi connectivity index (χ1) is 7.88. The quantitative estimate of drug-likeness (QED) is 0.848. The number of rotatable bonds is 4. The van der Waals surface area contributed by atoms with Crippen molar-refractivity contribution in [2.45, 2.75) is 32.4 Å². The molecule has 1 rings (SSSR count). The lowest BCUT2D eigenvalue weighted by Gasteiger charge is -2.15. The summed E-state index contributed by atoms with van der Waals surface area (Å²) in [6.45, 7) is 3.31. The van der Waals surface area contributed by atoms with E-state index in [1.165, 1.54) is 0 Å². The summed E-state index contributed by atoms with van der Waals surface area (Å²) in [7, 11) is 0. The normalized spacial score (nSPS) is 14.2. The van der Waals surface area contributed by atoms with Crippen molar-refractivity contribution in [3.63, 3.8) is 0 Å². The maximum absolute atomic E-state index is 12.9. The summed E-state index contributed by atoms with van der Waals surface area (Å²) < 4.78 is 25.8. The van der Waals surface area contributed by atoms with Crippen molar-refractivity contribution < 1.29 is 18.7 Å². The Labute approximate surface area is 98.5 Å². The van der Waals surface area contributed by atoms with E-state index in [1.807, 2.05) is 0 Å². The van der Waals surface area contributed by atoms with E-state index < -0.39 is 23.6 Å². The Bertz CT molecular complexity index is 387. The van der Waals surface area contributed by atoms with Crippen LogP contribution in [0.15, 0.2) is 18.2 Å². The van der Waals surface area contributed by atoms with Crippen molar-refractivity contribution in [3.8, 4) is 0 Å². The summed E-state index contributed by atoms with van der Waals surface area (Å²) in [5.41, 5.74) is -0.0695. The van der Waals surface area contributed by atoms with Crippen molar-refractivity contribution in [3.05, 3.63) is 35.4 Å². The van der Waals surface area contributed by atoms with Crippen LogP contribution in [0.4, 0.5) is 8.78 Å². The molecule has 0 aliphatic carbocycles. The van der Waals surface area contributed by atoms with Crippen LogP contribution in [-0.2, 0) is 0 Å². The second-order valence-corrected chi connectivity index (χ2v) is 4.12. The standard InChI is InChI=1S/C12H15F2NO2/c1-7(3-8(2)16)15-12(17)9-4-10(13)6-11(14)5-9/h4-8,16H,3H2,1-2H3,(H,15,17)/t7-,8-/m0/s1. The number of halogens is 2. The van der Waals surface area contributed by atoms with Gasteiger partial charge in [-0.25, -0.2) is 8.78 Å². The number of carbonyl (C=O) groups excluding carboxylic acids is 1. The van der Waals surface area contributed by atoms with Gasteiger partial charge in [0.25, 0.3) is 5.91 Å². The van der Waals surface area contributed by atoms with Crippen LogP contribution in [-0.4, -0.2) is 23.2 Å². The van der Waals surface area contributed by atoms with Gasteiger partial charge in [-0.1, -0.05) is 0 Å². The number of hydrogen-bond acceptors (Lipinski definition) is 2. The second kappa shape index (κ2) is 5.72. The first kappa shape index (κ1) is 13.6. The minimum atomic E-state index is -0.793. The van der Waals surface area contributed by atoms with Crippen LogP contribution in [0.5, 0.6) is 0 Å². The van der Waals surface area contributed by atoms with Crippen molar-refractivity contribution in [1.82, 2.24) is 5.32 Å². The molecule has 17 heavy (non-hydrogen) atoms. The smallest absolute Gasteiger partial charge is 0.251 e. The number of amides is 1. The number of carbonyl (C=O) groups is 1. The van der Waals surface area contributed by atoms with E-state index >= 15 is 0 Å². The SMILES string of the molecule is C[C@H](O)C[C@H](C)NC(=O)c1cc(F)cc(F)c1. The molecule has 2 N–H and O–H groups in total. The topological polar surface area (TPSA) is 49.3 Å². The van der Waals surface area contributed by atoms with Gasteiger partial charge in [-0.3, -0.25) is 4.79 Å². The lowest BCUT2D eigenvalue weighted by molar-refractivity contribution is 0.0922. The van der Waals surface area contributed by atoms with Gasteiger partial charge in [0.15, 0.2) is 0 Å². The van der Waals surface area contributed by atoms with Crippen LogP contribution < -0.4 is 5.32 Å². The predicted molar refractivity (Wildman–Crippen MR) is 59.6 cm³/mol. The molecule has 0 aliphatic heterocycles. The third-order valence-corrected chi connectivity index (χ3v) is 2.20. The van der Waals surface area contributed by atoms with Crippen LogP contribution >= 0.6 is 0 Å². The van der Waals surface area contributed by atoms with Gasteiger partial charge in [0, 0.05) is 17.7 Å². The van der Waals surface area contributed by atoms with Crippen molar-refractivity contribution >= 4 is 5.91 Å². The van der Waals surface area contributed by atoms with Crippen LogP contribution in [0.1, 0.15) is 30.6 Å². The zero-order valence-corrected chi connectivity index (χ0v) is 9.71. The first-order valence-electron chi connectivity index (χ1n) is 5.33. The zero-order valence-electron chi connectivity index (χ0n) is 9.71. The molecule has 0 bridgehead atoms. The number of nitrogens with one attached hydrogen (secondary N) is 1. The molecule has 1 aromatic carbocycles. The fourth-order valence-corrected chi connectivity index (χ4v) is 1.56. The van der Waals surface area contributed by atoms with Gasteiger partial charge in [0.1, 0.15) is 11.6 Å². The molecule has 2 atom stereocenters. The van der Waals surface area contributed by atoms with E-state index in [1.54, 1.807) is 13.8 Å². The van der Waals surface area contributed by atoms with Crippen molar-refractivity contribution in [1.29, 1.82) is 0 Å². The number of hydrogen-bond donors (Lipinski definition) is 2. The number of aliphatic hydroxyl groups is 1. The Morgan fingerprint density at radius 3 is 2.29 bits per heavy atom. The Kier molecular flexibility index (Phi) is 4.57. The first-order valence-corrected chi connectivity index (χ1v) is 5.33. The summed E-state index contributed by atoms with van der Waals surface area (Å²) in [6, 6.07) is 2.37. The van der Waals surface area contributed by atoms with Gasteiger partial charge >= 0.3 is 0 Å². The number of benzene rings is 1. The van der Waals surface area contributed by atoms with Crippen LogP contribution in [0.25, 0.3) is 0 Å². The van der Waals surface area contributed by atoms with Gasteiger partial charge in [0.2, 0.25) is 0 Å². The molecule has 0 aliphatic rings. The highest BCUT2D eigenvalue weighted by atomic mass is 19.1. The highest BCUT2D eigenvalue weighted by Gasteiger charge is 2.13. The lowest BCUT2D eigenvalue weighted by atomic mass is 10.1. The van der Waals surface area contributed by atoms with Gasteiger partial charge in [-0.2, -0.15) is 0 Å². The van der Waals surface area contributed by atoms with E-state index in [0.717, 1.165) is 12.1 Å². The third-order valence-electron chi connectivity index (χ3n) is 2.20. The molecule has 0 aromatic heterocycles. The molecule has 0 fully saturated rings. The Balaban J connectivity index is 2.69. The molecule has 3 nitrogen and oxygen atoms in total. The molecule has 0 saturated carbocycles. The summed E-state index contributed by atoms with van der Waals surface area (Å²) in [6.07, 6.45) is -0.168. The average Bonchev–Trinajstić information content (AvgIpc) is 2.14. The van der Waals surface area contributed by atoms with Crippen LogP contribution in [0, 0.1) is 11.6 Å². The predicted octanol–water partition coefficient (Wildman–Crippen LogP) is 1.85. The third kappa shape index (κ3) is 4.48. The van der Waals surface area contributed by atoms with E-state index in [4.69, 9.17) is 5.11 Å². The molecule has 0 heterocycles. The second-order valence-electron chi connectivity index (χ2n) is 4.12. The maximum Gasteiger partial charge on any atom is 0.251 e.